The maximum Gasteiger partial charge on any atom is 0.110 e. The van der Waals surface area contributed by atoms with Gasteiger partial charge in [0, 0.05) is 38.8 Å². The number of nitrogens with two attached hydrogens (primary N) is 1. The predicted molar refractivity (Wildman–Crippen MR) is 80.5 cm³/mol. The van der Waals surface area contributed by atoms with E-state index in [0.29, 0.717) is 6.54 Å². The Hall–Kier alpha value is -1.81. The quantitative estimate of drug-likeness (QED) is 0.912. The fourth-order valence-corrected chi connectivity index (χ4v) is 2.37. The molecular weight excluding hydrogens is 236 g/mol. The summed E-state index contributed by atoms with van der Waals surface area (Å²) in [6, 6.07) is 8.55. The molecule has 0 radical (unpaired) electrons. The van der Waals surface area contributed by atoms with Gasteiger partial charge in [-0.3, -0.25) is 0 Å². The highest BCUT2D eigenvalue weighted by Gasteiger charge is 2.12. The van der Waals surface area contributed by atoms with Crippen LogP contribution < -0.4 is 10.6 Å². The van der Waals surface area contributed by atoms with Crippen molar-refractivity contribution in [1.82, 2.24) is 9.55 Å². The van der Waals surface area contributed by atoms with Crippen molar-refractivity contribution in [3.63, 3.8) is 0 Å². The van der Waals surface area contributed by atoms with Gasteiger partial charge in [0.1, 0.15) is 5.82 Å². The summed E-state index contributed by atoms with van der Waals surface area (Å²) in [6.07, 6.45) is 0.813. The molecule has 0 aliphatic carbocycles. The Morgan fingerprint density at radius 3 is 2.37 bits per heavy atom. The van der Waals surface area contributed by atoms with Gasteiger partial charge in [0.2, 0.25) is 0 Å². The average Bonchev–Trinajstić information content (AvgIpc) is 2.65. The van der Waals surface area contributed by atoms with E-state index in [4.69, 9.17) is 5.73 Å². The van der Waals surface area contributed by atoms with Gasteiger partial charge in [-0.2, -0.15) is 0 Å². The number of aryl methyl sites for hydroxylation is 1. The molecule has 4 heteroatoms. The number of hydrogen-bond donors (Lipinski definition) is 1. The number of hydrogen-bond acceptors (Lipinski definition) is 3. The van der Waals surface area contributed by atoms with Gasteiger partial charge in [-0.25, -0.2) is 4.98 Å². The second-order valence-electron chi connectivity index (χ2n) is 5.00. The molecule has 4 nitrogen and oxygen atoms in total. The van der Waals surface area contributed by atoms with Crippen molar-refractivity contribution in [2.45, 2.75) is 13.3 Å². The van der Waals surface area contributed by atoms with Crippen molar-refractivity contribution in [3.8, 4) is 11.3 Å². The van der Waals surface area contributed by atoms with Gasteiger partial charge in [0.15, 0.2) is 0 Å². The molecule has 1 aromatic heterocycles. The second-order valence-corrected chi connectivity index (χ2v) is 5.00. The zero-order valence-electron chi connectivity index (χ0n) is 12.1. The van der Waals surface area contributed by atoms with Crippen LogP contribution in [-0.4, -0.2) is 30.2 Å². The first-order valence-electron chi connectivity index (χ1n) is 6.54. The third-order valence-electron chi connectivity index (χ3n) is 3.39. The van der Waals surface area contributed by atoms with Crippen LogP contribution in [0, 0.1) is 6.92 Å². The molecule has 0 atom stereocenters. The molecule has 1 aromatic carbocycles. The first-order valence-corrected chi connectivity index (χ1v) is 6.54. The van der Waals surface area contributed by atoms with Gasteiger partial charge in [-0.05, 0) is 25.6 Å². The molecule has 2 N–H and O–H groups in total. The number of benzene rings is 1. The first kappa shape index (κ1) is 13.6. The normalized spacial score (nSPS) is 10.8. The molecule has 0 unspecified atom stereocenters. The minimum Gasteiger partial charge on any atom is -0.378 e. The molecule has 102 valence electrons. The van der Waals surface area contributed by atoms with E-state index < -0.39 is 0 Å². The van der Waals surface area contributed by atoms with Crippen molar-refractivity contribution >= 4 is 5.69 Å². The summed E-state index contributed by atoms with van der Waals surface area (Å²) in [5.74, 6) is 1.05. The van der Waals surface area contributed by atoms with E-state index in [1.807, 2.05) is 14.1 Å². The summed E-state index contributed by atoms with van der Waals surface area (Å²) in [5.41, 5.74) is 10.3. The van der Waals surface area contributed by atoms with E-state index in [2.05, 4.69) is 52.7 Å². The smallest absolute Gasteiger partial charge is 0.110 e. The Labute approximate surface area is 114 Å². The van der Waals surface area contributed by atoms with Crippen LogP contribution >= 0.6 is 0 Å². The molecule has 0 bridgehead atoms. The lowest BCUT2D eigenvalue weighted by molar-refractivity contribution is 0.782. The van der Waals surface area contributed by atoms with Crippen molar-refractivity contribution in [2.75, 3.05) is 25.5 Å². The third-order valence-corrected chi connectivity index (χ3v) is 3.39. The fraction of sp³-hybridized carbons (Fsp3) is 0.400. The summed E-state index contributed by atoms with van der Waals surface area (Å²) in [5, 5.41) is 0. The lowest BCUT2D eigenvalue weighted by Crippen LogP contribution is -2.09. The molecular formula is C15H22N4. The predicted octanol–water partition coefficient (Wildman–Crippen LogP) is 1.96. The molecule has 19 heavy (non-hydrogen) atoms. The van der Waals surface area contributed by atoms with Crippen LogP contribution in [0.5, 0.6) is 0 Å². The first-order chi connectivity index (χ1) is 9.04. The van der Waals surface area contributed by atoms with E-state index in [0.717, 1.165) is 17.9 Å². The van der Waals surface area contributed by atoms with Gasteiger partial charge >= 0.3 is 0 Å². The van der Waals surface area contributed by atoms with Crippen LogP contribution in [0.2, 0.25) is 0 Å². The molecule has 0 saturated heterocycles. The maximum atomic E-state index is 5.62. The number of rotatable bonds is 4. The lowest BCUT2D eigenvalue weighted by atomic mass is 10.1. The van der Waals surface area contributed by atoms with Crippen LogP contribution in [0.1, 0.15) is 11.5 Å². The SMILES string of the molecule is Cc1nc(CCN)n(C)c1-c1ccc(N(C)C)cc1. The molecule has 1 heterocycles. The minimum atomic E-state index is 0.628. The van der Waals surface area contributed by atoms with Crippen LogP contribution in [0.15, 0.2) is 24.3 Å². The van der Waals surface area contributed by atoms with Crippen molar-refractivity contribution in [2.24, 2.45) is 12.8 Å². The van der Waals surface area contributed by atoms with E-state index in [1.165, 1.54) is 16.9 Å². The second kappa shape index (κ2) is 5.45. The zero-order valence-corrected chi connectivity index (χ0v) is 12.1. The highest BCUT2D eigenvalue weighted by molar-refractivity contribution is 5.65. The van der Waals surface area contributed by atoms with Gasteiger partial charge in [-0.15, -0.1) is 0 Å². The monoisotopic (exact) mass is 258 g/mol. The molecule has 0 fully saturated rings. The summed E-state index contributed by atoms with van der Waals surface area (Å²) in [6.45, 7) is 2.68. The van der Waals surface area contributed by atoms with Crippen molar-refractivity contribution in [3.05, 3.63) is 35.8 Å². The van der Waals surface area contributed by atoms with Crippen molar-refractivity contribution in [1.29, 1.82) is 0 Å². The minimum absolute atomic E-state index is 0.628. The molecule has 0 aliphatic heterocycles. The van der Waals surface area contributed by atoms with E-state index >= 15 is 0 Å². The van der Waals surface area contributed by atoms with Crippen LogP contribution in [-0.2, 0) is 13.5 Å². The Morgan fingerprint density at radius 1 is 1.21 bits per heavy atom. The topological polar surface area (TPSA) is 47.1 Å². The Morgan fingerprint density at radius 2 is 1.84 bits per heavy atom. The van der Waals surface area contributed by atoms with E-state index in [9.17, 15) is 0 Å². The van der Waals surface area contributed by atoms with Gasteiger partial charge in [-0.1, -0.05) is 12.1 Å². The summed E-state index contributed by atoms with van der Waals surface area (Å²) in [7, 11) is 6.15. The lowest BCUT2D eigenvalue weighted by Gasteiger charge is -2.13. The molecule has 0 aliphatic rings. The Kier molecular flexibility index (Phi) is 3.90. The summed E-state index contributed by atoms with van der Waals surface area (Å²) in [4.78, 5) is 6.70. The van der Waals surface area contributed by atoms with Crippen LogP contribution in [0.25, 0.3) is 11.3 Å². The zero-order chi connectivity index (χ0) is 14.0. The fourth-order valence-electron chi connectivity index (χ4n) is 2.37. The summed E-state index contributed by atoms with van der Waals surface area (Å²) >= 11 is 0. The van der Waals surface area contributed by atoms with Crippen molar-refractivity contribution < 1.29 is 0 Å². The number of anilines is 1. The van der Waals surface area contributed by atoms with Gasteiger partial charge in [0.25, 0.3) is 0 Å². The highest BCUT2D eigenvalue weighted by Crippen LogP contribution is 2.26. The highest BCUT2D eigenvalue weighted by atomic mass is 15.1. The largest absolute Gasteiger partial charge is 0.378 e. The third kappa shape index (κ3) is 2.63. The maximum absolute atomic E-state index is 5.62. The molecule has 0 amide bonds. The Balaban J connectivity index is 2.41. The molecule has 0 saturated carbocycles. The average molecular weight is 258 g/mol. The summed E-state index contributed by atoms with van der Waals surface area (Å²) < 4.78 is 2.15. The van der Waals surface area contributed by atoms with Crippen LogP contribution in [0.3, 0.4) is 0 Å². The van der Waals surface area contributed by atoms with E-state index in [-0.39, 0.29) is 0 Å². The van der Waals surface area contributed by atoms with E-state index in [1.54, 1.807) is 0 Å². The Bertz CT molecular complexity index is 552. The number of nitrogens with zero attached hydrogens (tertiary/aromatic N) is 3. The van der Waals surface area contributed by atoms with Crippen LogP contribution in [0.4, 0.5) is 5.69 Å². The standard InChI is InChI=1S/C15H22N4/c1-11-15(19(4)14(17-11)9-10-16)12-5-7-13(8-6-12)18(2)3/h5-8H,9-10,16H2,1-4H3. The number of aromatic nitrogens is 2. The number of imidazole rings is 1. The van der Waals surface area contributed by atoms with Gasteiger partial charge < -0.3 is 15.2 Å². The van der Waals surface area contributed by atoms with Gasteiger partial charge in [0.05, 0.1) is 11.4 Å². The molecule has 2 aromatic rings. The molecule has 0 spiro atoms. The molecule has 2 rings (SSSR count).